The van der Waals surface area contributed by atoms with Crippen LogP contribution in [0, 0.1) is 12.8 Å². The largest absolute Gasteiger partial charge is 0.381 e. The quantitative estimate of drug-likeness (QED) is 0.760. The molecule has 142 valence electrons. The third-order valence-corrected chi connectivity index (χ3v) is 5.64. The van der Waals surface area contributed by atoms with Gasteiger partial charge < -0.3 is 9.64 Å². The number of ketones is 1. The molecular formula is C21H30N2O3. The van der Waals surface area contributed by atoms with Crippen LogP contribution < -0.4 is 0 Å². The van der Waals surface area contributed by atoms with E-state index in [4.69, 9.17) is 4.74 Å². The van der Waals surface area contributed by atoms with Crippen LogP contribution in [0.2, 0.25) is 0 Å². The highest BCUT2D eigenvalue weighted by molar-refractivity contribution is 5.97. The first-order chi connectivity index (χ1) is 12.5. The highest BCUT2D eigenvalue weighted by Gasteiger charge is 2.21. The summed E-state index contributed by atoms with van der Waals surface area (Å²) in [6.45, 7) is 9.40. The maximum absolute atomic E-state index is 12.8. The van der Waals surface area contributed by atoms with E-state index in [2.05, 4.69) is 23.1 Å². The molecule has 1 aromatic carbocycles. The minimum atomic E-state index is 0.154. The molecule has 5 heteroatoms. The smallest absolute Gasteiger partial charge is 0.219 e. The standard InChI is InChI=1S/C21H30N2O3/c1-16-3-4-19(15-22-7-9-23(10-8-22)17(2)24)13-20(16)21(25)14-18-5-11-26-12-6-18/h3-4,13,18H,5-12,14-15H2,1-2H3. The molecule has 0 saturated carbocycles. The Morgan fingerprint density at radius 1 is 1.12 bits per heavy atom. The number of rotatable bonds is 5. The number of amides is 1. The number of hydrogen-bond acceptors (Lipinski definition) is 4. The van der Waals surface area contributed by atoms with Crippen LogP contribution in [0.15, 0.2) is 18.2 Å². The van der Waals surface area contributed by atoms with Crippen molar-refractivity contribution in [2.45, 2.75) is 39.7 Å². The van der Waals surface area contributed by atoms with Gasteiger partial charge >= 0.3 is 0 Å². The summed E-state index contributed by atoms with van der Waals surface area (Å²) < 4.78 is 5.40. The fourth-order valence-corrected chi connectivity index (χ4v) is 3.87. The van der Waals surface area contributed by atoms with Crippen molar-refractivity contribution in [3.8, 4) is 0 Å². The molecule has 0 spiro atoms. The zero-order chi connectivity index (χ0) is 18.5. The third-order valence-electron chi connectivity index (χ3n) is 5.64. The van der Waals surface area contributed by atoms with Gasteiger partial charge in [0.05, 0.1) is 0 Å². The molecule has 26 heavy (non-hydrogen) atoms. The van der Waals surface area contributed by atoms with Crippen molar-refractivity contribution in [1.29, 1.82) is 0 Å². The summed E-state index contributed by atoms with van der Waals surface area (Å²) in [5.74, 6) is 0.873. The second-order valence-electron chi connectivity index (χ2n) is 7.61. The van der Waals surface area contributed by atoms with Crippen LogP contribution in [0.3, 0.4) is 0 Å². The topological polar surface area (TPSA) is 49.9 Å². The summed E-state index contributed by atoms with van der Waals surface area (Å²) >= 11 is 0. The maximum Gasteiger partial charge on any atom is 0.219 e. The Bertz CT molecular complexity index is 645. The number of hydrogen-bond donors (Lipinski definition) is 0. The second kappa shape index (κ2) is 8.78. The van der Waals surface area contributed by atoms with E-state index in [1.54, 1.807) is 6.92 Å². The van der Waals surface area contributed by atoms with Gasteiger partial charge in [0.15, 0.2) is 5.78 Å². The SMILES string of the molecule is CC(=O)N1CCN(Cc2ccc(C)c(C(=O)CC3CCOCC3)c2)CC1. The number of Topliss-reactive ketones (excluding diaryl/α,β-unsaturated/α-hetero) is 1. The van der Waals surface area contributed by atoms with Crippen LogP contribution in [0.5, 0.6) is 0 Å². The van der Waals surface area contributed by atoms with Gasteiger partial charge in [-0.3, -0.25) is 14.5 Å². The number of piperazine rings is 1. The lowest BCUT2D eigenvalue weighted by Crippen LogP contribution is -2.47. The summed E-state index contributed by atoms with van der Waals surface area (Å²) in [6.07, 6.45) is 2.61. The highest BCUT2D eigenvalue weighted by atomic mass is 16.5. The van der Waals surface area contributed by atoms with Crippen LogP contribution >= 0.6 is 0 Å². The number of carbonyl (C=O) groups is 2. The van der Waals surface area contributed by atoms with Gasteiger partial charge in [0.25, 0.3) is 0 Å². The molecule has 0 aliphatic carbocycles. The molecule has 0 unspecified atom stereocenters. The molecule has 0 bridgehead atoms. The summed E-state index contributed by atoms with van der Waals surface area (Å²) in [7, 11) is 0. The summed E-state index contributed by atoms with van der Waals surface area (Å²) in [5, 5.41) is 0. The van der Waals surface area contributed by atoms with Crippen molar-refractivity contribution in [2.24, 2.45) is 5.92 Å². The van der Waals surface area contributed by atoms with E-state index in [-0.39, 0.29) is 11.7 Å². The van der Waals surface area contributed by atoms with Crippen molar-refractivity contribution in [3.63, 3.8) is 0 Å². The van der Waals surface area contributed by atoms with Crippen LogP contribution in [-0.2, 0) is 16.1 Å². The Morgan fingerprint density at radius 2 is 1.81 bits per heavy atom. The molecule has 1 aromatic rings. The van der Waals surface area contributed by atoms with Crippen molar-refractivity contribution in [2.75, 3.05) is 39.4 Å². The second-order valence-corrected chi connectivity index (χ2v) is 7.61. The van der Waals surface area contributed by atoms with E-state index in [1.165, 1.54) is 5.56 Å². The Labute approximate surface area is 156 Å². The van der Waals surface area contributed by atoms with Crippen molar-refractivity contribution < 1.29 is 14.3 Å². The van der Waals surface area contributed by atoms with Gasteiger partial charge in [-0.15, -0.1) is 0 Å². The minimum Gasteiger partial charge on any atom is -0.381 e. The normalized spacial score (nSPS) is 19.5. The van der Waals surface area contributed by atoms with Crippen LogP contribution in [0.1, 0.15) is 47.7 Å². The Kier molecular flexibility index (Phi) is 6.43. The molecule has 0 radical (unpaired) electrons. The fourth-order valence-electron chi connectivity index (χ4n) is 3.87. The van der Waals surface area contributed by atoms with Crippen LogP contribution in [0.25, 0.3) is 0 Å². The fraction of sp³-hybridized carbons (Fsp3) is 0.619. The van der Waals surface area contributed by atoms with Crippen molar-refractivity contribution >= 4 is 11.7 Å². The molecule has 0 aromatic heterocycles. The summed E-state index contributed by atoms with van der Waals surface area (Å²) in [5.41, 5.74) is 3.12. The Hall–Kier alpha value is -1.72. The molecule has 3 rings (SSSR count). The van der Waals surface area contributed by atoms with Crippen LogP contribution in [0.4, 0.5) is 0 Å². The van der Waals surface area contributed by atoms with Gasteiger partial charge in [-0.05, 0) is 42.9 Å². The van der Waals surface area contributed by atoms with E-state index in [0.29, 0.717) is 12.3 Å². The monoisotopic (exact) mass is 358 g/mol. The molecule has 2 aliphatic heterocycles. The molecular weight excluding hydrogens is 328 g/mol. The lowest BCUT2D eigenvalue weighted by Gasteiger charge is -2.34. The first-order valence-corrected chi connectivity index (χ1v) is 9.71. The highest BCUT2D eigenvalue weighted by Crippen LogP contribution is 2.23. The lowest BCUT2D eigenvalue weighted by molar-refractivity contribution is -0.130. The molecule has 1 amide bonds. The third kappa shape index (κ3) is 4.92. The number of benzene rings is 1. The molecule has 0 atom stereocenters. The summed E-state index contributed by atoms with van der Waals surface area (Å²) in [6, 6.07) is 6.27. The van der Waals surface area contributed by atoms with Crippen molar-refractivity contribution in [1.82, 2.24) is 9.80 Å². The molecule has 2 aliphatic rings. The van der Waals surface area contributed by atoms with Crippen LogP contribution in [-0.4, -0.2) is 60.9 Å². The van der Waals surface area contributed by atoms with E-state index in [1.807, 2.05) is 11.8 Å². The van der Waals surface area contributed by atoms with Gasteiger partial charge in [-0.1, -0.05) is 12.1 Å². The van der Waals surface area contributed by atoms with E-state index >= 15 is 0 Å². The lowest BCUT2D eigenvalue weighted by atomic mass is 9.90. The number of nitrogens with zero attached hydrogens (tertiary/aromatic N) is 2. The molecule has 2 saturated heterocycles. The summed E-state index contributed by atoms with van der Waals surface area (Å²) in [4.78, 5) is 28.5. The Balaban J connectivity index is 1.60. The van der Waals surface area contributed by atoms with Gasteiger partial charge in [-0.25, -0.2) is 0 Å². The first kappa shape index (κ1) is 19.1. The zero-order valence-electron chi connectivity index (χ0n) is 16.0. The number of aryl methyl sites for hydroxylation is 1. The van der Waals surface area contributed by atoms with E-state index in [9.17, 15) is 9.59 Å². The van der Waals surface area contributed by atoms with Crippen molar-refractivity contribution in [3.05, 3.63) is 34.9 Å². The zero-order valence-corrected chi connectivity index (χ0v) is 16.0. The number of ether oxygens (including phenoxy) is 1. The predicted octanol–water partition coefficient (Wildman–Crippen LogP) is 2.66. The van der Waals surface area contributed by atoms with Gasteiger partial charge in [0, 0.05) is 64.8 Å². The van der Waals surface area contributed by atoms with E-state index in [0.717, 1.165) is 69.9 Å². The van der Waals surface area contributed by atoms with Gasteiger partial charge in [0.2, 0.25) is 5.91 Å². The molecule has 2 heterocycles. The van der Waals surface area contributed by atoms with E-state index < -0.39 is 0 Å². The minimum absolute atomic E-state index is 0.154. The molecule has 0 N–H and O–H groups in total. The average molecular weight is 358 g/mol. The molecule has 5 nitrogen and oxygen atoms in total. The Morgan fingerprint density at radius 3 is 2.46 bits per heavy atom. The average Bonchev–Trinajstić information content (AvgIpc) is 2.64. The van der Waals surface area contributed by atoms with Gasteiger partial charge in [-0.2, -0.15) is 0 Å². The maximum atomic E-state index is 12.8. The number of carbonyl (C=O) groups excluding carboxylic acids is 2. The van der Waals surface area contributed by atoms with Gasteiger partial charge in [0.1, 0.15) is 0 Å². The predicted molar refractivity (Wildman–Crippen MR) is 101 cm³/mol. The first-order valence-electron chi connectivity index (χ1n) is 9.71. The molecule has 2 fully saturated rings.